The van der Waals surface area contributed by atoms with Crippen molar-refractivity contribution < 1.29 is 4.74 Å². The second-order valence-electron chi connectivity index (χ2n) is 7.90. The van der Waals surface area contributed by atoms with E-state index in [0.717, 1.165) is 18.4 Å². The third-order valence-corrected chi connectivity index (χ3v) is 6.04. The smallest absolute Gasteiger partial charge is 0.0631 e. The van der Waals surface area contributed by atoms with E-state index in [1.807, 2.05) is 0 Å². The fraction of sp³-hybridized carbons (Fsp3) is 1.00. The average Bonchev–Trinajstić information content (AvgIpc) is 3.22. The number of hydrogen-bond acceptors (Lipinski definition) is 1. The van der Waals surface area contributed by atoms with Crippen LogP contribution in [0.4, 0.5) is 0 Å². The molecule has 0 unspecified atom stereocenters. The Hall–Kier alpha value is -0.0400. The highest BCUT2D eigenvalue weighted by Crippen LogP contribution is 2.39. The van der Waals surface area contributed by atoms with Gasteiger partial charge >= 0.3 is 0 Å². The number of rotatable bonds is 12. The van der Waals surface area contributed by atoms with Crippen LogP contribution < -0.4 is 0 Å². The van der Waals surface area contributed by atoms with Crippen molar-refractivity contribution in [2.24, 2.45) is 11.8 Å². The molecule has 2 fully saturated rings. The van der Waals surface area contributed by atoms with Gasteiger partial charge in [0.2, 0.25) is 0 Å². The van der Waals surface area contributed by atoms with Crippen LogP contribution in [0, 0.1) is 11.8 Å². The molecule has 0 bridgehead atoms. The molecule has 2 rings (SSSR count). The number of hydrogen-bond donors (Lipinski definition) is 0. The zero-order valence-corrected chi connectivity index (χ0v) is 15.2. The van der Waals surface area contributed by atoms with Crippen molar-refractivity contribution in [3.63, 3.8) is 0 Å². The van der Waals surface area contributed by atoms with Gasteiger partial charge in [-0.2, -0.15) is 0 Å². The highest BCUT2D eigenvalue weighted by atomic mass is 16.5. The minimum Gasteiger partial charge on any atom is -0.378 e. The van der Waals surface area contributed by atoms with Crippen LogP contribution in [0.5, 0.6) is 0 Å². The molecule has 0 aromatic rings. The van der Waals surface area contributed by atoms with Crippen molar-refractivity contribution in [2.45, 2.75) is 116 Å². The van der Waals surface area contributed by atoms with Gasteiger partial charge in [-0.15, -0.1) is 0 Å². The van der Waals surface area contributed by atoms with Gasteiger partial charge in [-0.05, 0) is 43.9 Å². The monoisotopic (exact) mass is 308 g/mol. The largest absolute Gasteiger partial charge is 0.378 e. The Bertz CT molecular complexity index is 235. The summed E-state index contributed by atoms with van der Waals surface area (Å²) in [6.45, 7) is 3.33. The van der Waals surface area contributed by atoms with E-state index in [-0.39, 0.29) is 0 Å². The Balaban J connectivity index is 1.54. The minimum atomic E-state index is 0.620. The van der Waals surface area contributed by atoms with Gasteiger partial charge in [-0.1, -0.05) is 77.6 Å². The maximum Gasteiger partial charge on any atom is 0.0631 e. The van der Waals surface area contributed by atoms with Gasteiger partial charge in [0.25, 0.3) is 0 Å². The summed E-state index contributed by atoms with van der Waals surface area (Å²) in [4.78, 5) is 0. The predicted molar refractivity (Wildman–Crippen MR) is 96.3 cm³/mol. The minimum absolute atomic E-state index is 0.620. The molecule has 0 aliphatic heterocycles. The van der Waals surface area contributed by atoms with Gasteiger partial charge in [0, 0.05) is 6.61 Å². The van der Waals surface area contributed by atoms with Crippen LogP contribution in [0.2, 0.25) is 0 Å². The molecule has 0 saturated heterocycles. The van der Waals surface area contributed by atoms with Gasteiger partial charge in [-0.3, -0.25) is 0 Å². The topological polar surface area (TPSA) is 9.23 Å². The summed E-state index contributed by atoms with van der Waals surface area (Å²) in [5, 5.41) is 0. The van der Waals surface area contributed by atoms with Crippen LogP contribution in [0.15, 0.2) is 0 Å². The SMILES string of the molecule is CCCCCCCCCCOC(C1CCCC1)C1CCCC1. The van der Waals surface area contributed by atoms with E-state index in [2.05, 4.69) is 6.92 Å². The lowest BCUT2D eigenvalue weighted by atomic mass is 9.88. The van der Waals surface area contributed by atoms with Crippen LogP contribution in [-0.2, 0) is 4.74 Å². The summed E-state index contributed by atoms with van der Waals surface area (Å²) in [5.74, 6) is 1.80. The van der Waals surface area contributed by atoms with Crippen LogP contribution >= 0.6 is 0 Å². The summed E-state index contributed by atoms with van der Waals surface area (Å²) in [7, 11) is 0. The number of unbranched alkanes of at least 4 members (excludes halogenated alkanes) is 7. The van der Waals surface area contributed by atoms with E-state index in [1.165, 1.54) is 103 Å². The van der Waals surface area contributed by atoms with E-state index in [4.69, 9.17) is 4.74 Å². The first-order valence-electron chi connectivity index (χ1n) is 10.5. The third kappa shape index (κ3) is 6.60. The normalized spacial score (nSPS) is 20.5. The maximum absolute atomic E-state index is 6.46. The maximum atomic E-state index is 6.46. The molecule has 2 aliphatic carbocycles. The van der Waals surface area contributed by atoms with E-state index in [0.29, 0.717) is 6.10 Å². The summed E-state index contributed by atoms with van der Waals surface area (Å²) in [5.41, 5.74) is 0. The molecule has 0 N–H and O–H groups in total. The molecule has 0 heterocycles. The molecule has 0 spiro atoms. The Morgan fingerprint density at radius 2 is 1.14 bits per heavy atom. The van der Waals surface area contributed by atoms with Crippen molar-refractivity contribution >= 4 is 0 Å². The van der Waals surface area contributed by atoms with Gasteiger partial charge in [-0.25, -0.2) is 0 Å². The lowest BCUT2D eigenvalue weighted by Gasteiger charge is -2.29. The summed E-state index contributed by atoms with van der Waals surface area (Å²) in [6, 6.07) is 0. The van der Waals surface area contributed by atoms with Crippen molar-refractivity contribution in [3.05, 3.63) is 0 Å². The average molecular weight is 309 g/mol. The zero-order valence-electron chi connectivity index (χ0n) is 15.2. The van der Waals surface area contributed by atoms with Crippen molar-refractivity contribution in [3.8, 4) is 0 Å². The van der Waals surface area contributed by atoms with Crippen molar-refractivity contribution in [1.29, 1.82) is 0 Å². The first-order valence-corrected chi connectivity index (χ1v) is 10.5. The van der Waals surface area contributed by atoms with E-state index in [9.17, 15) is 0 Å². The highest BCUT2D eigenvalue weighted by Gasteiger charge is 2.33. The van der Waals surface area contributed by atoms with Crippen LogP contribution in [0.3, 0.4) is 0 Å². The first-order chi connectivity index (χ1) is 10.9. The molecule has 0 amide bonds. The van der Waals surface area contributed by atoms with Gasteiger partial charge in [0.15, 0.2) is 0 Å². The predicted octanol–water partition coefficient (Wildman–Crippen LogP) is 6.89. The second kappa shape index (κ2) is 11.5. The molecule has 22 heavy (non-hydrogen) atoms. The van der Waals surface area contributed by atoms with Gasteiger partial charge in [0.1, 0.15) is 0 Å². The molecular weight excluding hydrogens is 268 g/mol. The Kier molecular flexibility index (Phi) is 9.56. The van der Waals surface area contributed by atoms with E-state index < -0.39 is 0 Å². The molecule has 0 aromatic carbocycles. The molecule has 1 heteroatoms. The van der Waals surface area contributed by atoms with Gasteiger partial charge < -0.3 is 4.74 Å². The van der Waals surface area contributed by atoms with Gasteiger partial charge in [0.05, 0.1) is 6.10 Å². The van der Waals surface area contributed by atoms with Crippen LogP contribution in [-0.4, -0.2) is 12.7 Å². The molecule has 0 aromatic heterocycles. The lowest BCUT2D eigenvalue weighted by molar-refractivity contribution is -0.0254. The number of ether oxygens (including phenoxy) is 1. The van der Waals surface area contributed by atoms with Crippen molar-refractivity contribution in [2.75, 3.05) is 6.61 Å². The van der Waals surface area contributed by atoms with E-state index in [1.54, 1.807) is 0 Å². The molecule has 0 atom stereocenters. The van der Waals surface area contributed by atoms with Crippen molar-refractivity contribution in [1.82, 2.24) is 0 Å². The molecule has 0 radical (unpaired) electrons. The molecule has 130 valence electrons. The Morgan fingerprint density at radius 1 is 0.682 bits per heavy atom. The Morgan fingerprint density at radius 3 is 1.64 bits per heavy atom. The summed E-state index contributed by atoms with van der Waals surface area (Å²) < 4.78 is 6.46. The summed E-state index contributed by atoms with van der Waals surface area (Å²) in [6.07, 6.45) is 23.4. The molecule has 2 saturated carbocycles. The summed E-state index contributed by atoms with van der Waals surface area (Å²) >= 11 is 0. The van der Waals surface area contributed by atoms with Crippen LogP contribution in [0.1, 0.15) is 110 Å². The Labute approximate surface area is 139 Å². The molecule has 2 aliphatic rings. The van der Waals surface area contributed by atoms with E-state index >= 15 is 0 Å². The fourth-order valence-corrected chi connectivity index (χ4v) is 4.68. The standard InChI is InChI=1S/C21H40O/c1-2-3-4-5-6-7-8-13-18-22-21(19-14-9-10-15-19)20-16-11-12-17-20/h19-21H,2-18H2,1H3. The third-order valence-electron chi connectivity index (χ3n) is 6.04. The lowest BCUT2D eigenvalue weighted by Crippen LogP contribution is -2.30. The fourth-order valence-electron chi connectivity index (χ4n) is 4.68. The second-order valence-corrected chi connectivity index (χ2v) is 7.90. The highest BCUT2D eigenvalue weighted by molar-refractivity contribution is 4.84. The molecule has 1 nitrogen and oxygen atoms in total. The van der Waals surface area contributed by atoms with Crippen LogP contribution in [0.25, 0.3) is 0 Å². The molecular formula is C21H40O. The quantitative estimate of drug-likeness (QED) is 0.356. The zero-order chi connectivity index (χ0) is 15.5. The first kappa shape index (κ1) is 18.3.